The van der Waals surface area contributed by atoms with Crippen LogP contribution in [0.3, 0.4) is 0 Å². The van der Waals surface area contributed by atoms with Crippen molar-refractivity contribution < 1.29 is 0 Å². The highest BCUT2D eigenvalue weighted by atomic mass is 15.3. The summed E-state index contributed by atoms with van der Waals surface area (Å²) >= 11 is 0. The molecule has 0 aliphatic rings. The molecule has 0 saturated heterocycles. The van der Waals surface area contributed by atoms with E-state index in [1.54, 1.807) is 36.4 Å². The average molecular weight is 361 g/mol. The minimum Gasteiger partial charge on any atom is -0.382 e. The van der Waals surface area contributed by atoms with Crippen LogP contribution in [0.25, 0.3) is 28.0 Å². The molecule has 0 saturated carbocycles. The first kappa shape index (κ1) is 16.8. The molecule has 27 heavy (non-hydrogen) atoms. The van der Waals surface area contributed by atoms with Crippen LogP contribution >= 0.6 is 0 Å². The van der Waals surface area contributed by atoms with Crippen LogP contribution in [0.15, 0.2) is 30.9 Å². The monoisotopic (exact) mass is 361 g/mol. The molecule has 0 atom stereocenters. The van der Waals surface area contributed by atoms with Crippen molar-refractivity contribution in [3.05, 3.63) is 42.4 Å². The minimum absolute atomic E-state index is 0.429. The van der Waals surface area contributed by atoms with Gasteiger partial charge in [0.05, 0.1) is 11.9 Å². The Morgan fingerprint density at radius 3 is 2.70 bits per heavy atom. The van der Waals surface area contributed by atoms with Gasteiger partial charge in [-0.05, 0) is 13.3 Å². The minimum atomic E-state index is 0.429. The predicted octanol–water partition coefficient (Wildman–Crippen LogP) is 2.16. The van der Waals surface area contributed by atoms with E-state index in [9.17, 15) is 0 Å². The zero-order valence-corrected chi connectivity index (χ0v) is 15.3. The summed E-state index contributed by atoms with van der Waals surface area (Å²) in [6, 6.07) is 1.80. The number of nitrogens with one attached hydrogen (secondary N) is 1. The number of pyridine rings is 1. The molecule has 0 fully saturated rings. The highest BCUT2D eigenvalue weighted by Crippen LogP contribution is 2.30. The summed E-state index contributed by atoms with van der Waals surface area (Å²) in [4.78, 5) is 22.3. The van der Waals surface area contributed by atoms with Crippen molar-refractivity contribution in [2.24, 2.45) is 0 Å². The Morgan fingerprint density at radius 1 is 1.11 bits per heavy atom. The maximum atomic E-state index is 6.10. The van der Waals surface area contributed by atoms with Gasteiger partial charge in [0.25, 0.3) is 0 Å². The molecule has 4 aromatic heterocycles. The van der Waals surface area contributed by atoms with Crippen LogP contribution in [0, 0.1) is 6.92 Å². The Labute approximate surface area is 155 Å². The predicted molar refractivity (Wildman–Crippen MR) is 104 cm³/mol. The zero-order valence-electron chi connectivity index (χ0n) is 15.3. The molecule has 0 amide bonds. The fourth-order valence-electron chi connectivity index (χ4n) is 2.90. The van der Waals surface area contributed by atoms with Gasteiger partial charge in [0.2, 0.25) is 0 Å². The lowest BCUT2D eigenvalue weighted by Crippen LogP contribution is -2.05. The van der Waals surface area contributed by atoms with E-state index in [1.807, 2.05) is 20.0 Å². The van der Waals surface area contributed by atoms with Crippen LogP contribution in [-0.2, 0) is 6.42 Å². The SMILES string of the molecule is CCc1nc2c(NC)ncc(-c3cnn(-c4ccnc(C)n4)c3)c2nc1N. The van der Waals surface area contributed by atoms with Crippen molar-refractivity contribution in [1.29, 1.82) is 0 Å². The number of nitrogens with two attached hydrogens (primary N) is 1. The van der Waals surface area contributed by atoms with Crippen molar-refractivity contribution in [3.8, 4) is 16.9 Å². The van der Waals surface area contributed by atoms with Crippen molar-refractivity contribution in [2.75, 3.05) is 18.1 Å². The molecule has 0 spiro atoms. The van der Waals surface area contributed by atoms with E-state index < -0.39 is 0 Å². The first-order valence-corrected chi connectivity index (χ1v) is 8.58. The lowest BCUT2D eigenvalue weighted by molar-refractivity contribution is 0.828. The van der Waals surface area contributed by atoms with Crippen LogP contribution in [0.1, 0.15) is 18.4 Å². The van der Waals surface area contributed by atoms with E-state index in [1.165, 1.54) is 0 Å². The molecule has 4 rings (SSSR count). The normalized spacial score (nSPS) is 11.1. The Bertz CT molecular complexity index is 1130. The first-order chi connectivity index (χ1) is 13.1. The van der Waals surface area contributed by atoms with Crippen LogP contribution in [0.4, 0.5) is 11.6 Å². The molecule has 0 aromatic carbocycles. The number of hydrogen-bond acceptors (Lipinski definition) is 8. The van der Waals surface area contributed by atoms with Crippen LogP contribution in [0.5, 0.6) is 0 Å². The maximum absolute atomic E-state index is 6.10. The summed E-state index contributed by atoms with van der Waals surface area (Å²) in [6.07, 6.45) is 7.78. The molecular formula is C18H19N9. The highest BCUT2D eigenvalue weighted by Gasteiger charge is 2.16. The fraction of sp³-hybridized carbons (Fsp3) is 0.222. The molecule has 9 heteroatoms. The highest BCUT2D eigenvalue weighted by molar-refractivity contribution is 5.97. The first-order valence-electron chi connectivity index (χ1n) is 8.58. The molecule has 0 aliphatic heterocycles. The van der Waals surface area contributed by atoms with Crippen molar-refractivity contribution in [2.45, 2.75) is 20.3 Å². The van der Waals surface area contributed by atoms with Crippen LogP contribution in [-0.4, -0.2) is 41.7 Å². The maximum Gasteiger partial charge on any atom is 0.156 e. The quantitative estimate of drug-likeness (QED) is 0.567. The molecule has 0 unspecified atom stereocenters. The standard InChI is InChI=1S/C18H19N9/c1-4-13-17(19)26-15-12(8-22-18(20-3)16(15)25-13)11-7-23-27(9-11)14-5-6-21-10(2)24-14/h5-9H,4H2,1-3H3,(H2,19,26)(H,20,22). The third kappa shape index (κ3) is 2.92. The number of fused-ring (bicyclic) bond motifs is 1. The van der Waals surface area contributed by atoms with E-state index in [4.69, 9.17) is 5.73 Å². The van der Waals surface area contributed by atoms with Crippen molar-refractivity contribution >= 4 is 22.7 Å². The molecule has 9 nitrogen and oxygen atoms in total. The van der Waals surface area contributed by atoms with E-state index in [2.05, 4.69) is 35.3 Å². The molecule has 0 aliphatic carbocycles. The summed E-state index contributed by atoms with van der Waals surface area (Å²) in [7, 11) is 1.81. The second-order valence-electron chi connectivity index (χ2n) is 6.01. The Balaban J connectivity index is 1.88. The van der Waals surface area contributed by atoms with Gasteiger partial charge in [-0.25, -0.2) is 29.6 Å². The number of aryl methyl sites for hydroxylation is 2. The van der Waals surface area contributed by atoms with E-state index in [-0.39, 0.29) is 0 Å². The van der Waals surface area contributed by atoms with Crippen LogP contribution < -0.4 is 11.1 Å². The largest absolute Gasteiger partial charge is 0.382 e. The lowest BCUT2D eigenvalue weighted by atomic mass is 10.1. The topological polar surface area (TPSA) is 120 Å². The summed E-state index contributed by atoms with van der Waals surface area (Å²) in [5.41, 5.74) is 9.88. The molecule has 0 radical (unpaired) electrons. The average Bonchev–Trinajstić information content (AvgIpc) is 3.16. The molecule has 3 N–H and O–H groups in total. The lowest BCUT2D eigenvalue weighted by Gasteiger charge is -2.10. The van der Waals surface area contributed by atoms with E-state index >= 15 is 0 Å². The zero-order chi connectivity index (χ0) is 19.0. The molecular weight excluding hydrogens is 342 g/mol. The van der Waals surface area contributed by atoms with Gasteiger partial charge in [-0.15, -0.1) is 0 Å². The van der Waals surface area contributed by atoms with Gasteiger partial charge in [0.1, 0.15) is 22.7 Å². The Morgan fingerprint density at radius 2 is 1.96 bits per heavy atom. The van der Waals surface area contributed by atoms with Gasteiger partial charge in [0.15, 0.2) is 11.6 Å². The smallest absolute Gasteiger partial charge is 0.156 e. The molecule has 4 aromatic rings. The summed E-state index contributed by atoms with van der Waals surface area (Å²) in [5, 5.41) is 7.48. The van der Waals surface area contributed by atoms with Crippen molar-refractivity contribution in [3.63, 3.8) is 0 Å². The number of hydrogen-bond donors (Lipinski definition) is 2. The number of anilines is 2. The number of nitrogen functional groups attached to an aromatic ring is 1. The van der Waals surface area contributed by atoms with Crippen molar-refractivity contribution in [1.82, 2.24) is 34.7 Å². The summed E-state index contributed by atoms with van der Waals surface area (Å²) in [6.45, 7) is 3.84. The van der Waals surface area contributed by atoms with E-state index in [0.29, 0.717) is 40.7 Å². The molecule has 4 heterocycles. The number of rotatable bonds is 4. The van der Waals surface area contributed by atoms with Gasteiger partial charge in [-0.1, -0.05) is 6.92 Å². The fourth-order valence-corrected chi connectivity index (χ4v) is 2.90. The second-order valence-corrected chi connectivity index (χ2v) is 6.01. The molecule has 136 valence electrons. The van der Waals surface area contributed by atoms with Gasteiger partial charge in [-0.3, -0.25) is 0 Å². The van der Waals surface area contributed by atoms with Gasteiger partial charge >= 0.3 is 0 Å². The van der Waals surface area contributed by atoms with E-state index in [0.717, 1.165) is 16.8 Å². The summed E-state index contributed by atoms with van der Waals surface area (Å²) in [5.74, 6) is 2.46. The number of nitrogens with zero attached hydrogens (tertiary/aromatic N) is 7. The summed E-state index contributed by atoms with van der Waals surface area (Å²) < 4.78 is 1.69. The van der Waals surface area contributed by atoms with Crippen LogP contribution in [0.2, 0.25) is 0 Å². The Kier molecular flexibility index (Phi) is 4.11. The third-order valence-corrected chi connectivity index (χ3v) is 4.26. The molecule has 0 bridgehead atoms. The second kappa shape index (κ2) is 6.60. The van der Waals surface area contributed by atoms with Gasteiger partial charge in [0, 0.05) is 42.8 Å². The van der Waals surface area contributed by atoms with Gasteiger partial charge < -0.3 is 11.1 Å². The Hall–Kier alpha value is -3.62. The third-order valence-electron chi connectivity index (χ3n) is 4.26. The van der Waals surface area contributed by atoms with Gasteiger partial charge in [-0.2, -0.15) is 5.10 Å². The number of aromatic nitrogens is 7.